The van der Waals surface area contributed by atoms with Crippen molar-refractivity contribution in [1.82, 2.24) is 0 Å². The molecule has 0 aromatic rings. The Hall–Kier alpha value is -0.310. The van der Waals surface area contributed by atoms with Crippen molar-refractivity contribution in [3.8, 4) is 0 Å². The SMILES string of the molecule is OC[C@H]1O[C@@H](OF)[C@H](O)[C@@H](O)[C@H]1O. The molecule has 5 atom stereocenters. The molecule has 0 spiro atoms. The fraction of sp³-hybridized carbons (Fsp3) is 1.00. The summed E-state index contributed by atoms with van der Waals surface area (Å²) in [5.74, 6) is 0. The summed E-state index contributed by atoms with van der Waals surface area (Å²) in [6, 6.07) is 0. The van der Waals surface area contributed by atoms with Gasteiger partial charge in [0.2, 0.25) is 6.29 Å². The Balaban J connectivity index is 2.66. The molecule has 13 heavy (non-hydrogen) atoms. The minimum Gasteiger partial charge on any atom is -0.394 e. The van der Waals surface area contributed by atoms with Gasteiger partial charge in [0.25, 0.3) is 0 Å². The van der Waals surface area contributed by atoms with Gasteiger partial charge in [0.05, 0.1) is 6.61 Å². The lowest BCUT2D eigenvalue weighted by Gasteiger charge is -2.37. The Bertz CT molecular complexity index is 147. The first-order valence-electron chi connectivity index (χ1n) is 3.69. The molecule has 1 rings (SSSR count). The average Bonchev–Trinajstić information content (AvgIpc) is 2.15. The van der Waals surface area contributed by atoms with Crippen molar-refractivity contribution in [3.05, 3.63) is 0 Å². The highest BCUT2D eigenvalue weighted by Crippen LogP contribution is 2.21. The van der Waals surface area contributed by atoms with Crippen LogP contribution >= 0.6 is 0 Å². The quantitative estimate of drug-likeness (QED) is 0.398. The molecule has 0 aromatic carbocycles. The number of halogens is 1. The first-order chi connectivity index (χ1) is 6.11. The van der Waals surface area contributed by atoms with E-state index in [0.29, 0.717) is 0 Å². The standard InChI is InChI=1S/C6H11FO6/c7-13-6-5(11)4(10)3(9)2(1-8)12-6/h2-6,8-11H,1H2/t2-,3+,4+,5-,6+/m1/s1. The molecule has 0 amide bonds. The minimum atomic E-state index is -1.68. The monoisotopic (exact) mass is 198 g/mol. The molecule has 0 aromatic heterocycles. The number of hydrogen-bond acceptors (Lipinski definition) is 6. The van der Waals surface area contributed by atoms with Crippen LogP contribution in [0.3, 0.4) is 0 Å². The van der Waals surface area contributed by atoms with E-state index in [9.17, 15) is 4.53 Å². The topological polar surface area (TPSA) is 99.4 Å². The summed E-state index contributed by atoms with van der Waals surface area (Å²) in [5.41, 5.74) is 0. The van der Waals surface area contributed by atoms with Crippen LogP contribution < -0.4 is 0 Å². The molecule has 0 saturated carbocycles. The highest BCUT2D eigenvalue weighted by molar-refractivity contribution is 4.88. The molecule has 7 heteroatoms. The zero-order valence-electron chi connectivity index (χ0n) is 6.58. The number of ether oxygens (including phenoxy) is 1. The third-order valence-corrected chi connectivity index (χ3v) is 1.94. The van der Waals surface area contributed by atoms with E-state index in [0.717, 1.165) is 0 Å². The molecule has 6 nitrogen and oxygen atoms in total. The van der Waals surface area contributed by atoms with Gasteiger partial charge in [-0.15, -0.1) is 0 Å². The van der Waals surface area contributed by atoms with E-state index in [2.05, 4.69) is 9.68 Å². The van der Waals surface area contributed by atoms with Gasteiger partial charge in [-0.2, -0.15) is 4.94 Å². The Morgan fingerprint density at radius 1 is 1.15 bits per heavy atom. The van der Waals surface area contributed by atoms with Crippen LogP contribution in [0.2, 0.25) is 0 Å². The van der Waals surface area contributed by atoms with E-state index < -0.39 is 37.3 Å². The number of rotatable bonds is 2. The fourth-order valence-electron chi connectivity index (χ4n) is 1.14. The molecule has 1 saturated heterocycles. The van der Waals surface area contributed by atoms with Crippen LogP contribution in [0.15, 0.2) is 0 Å². The summed E-state index contributed by atoms with van der Waals surface area (Å²) in [6.45, 7) is -0.606. The molecule has 0 aliphatic carbocycles. The molecule has 0 radical (unpaired) electrons. The van der Waals surface area contributed by atoms with Gasteiger partial charge in [-0.1, -0.05) is 0 Å². The van der Waals surface area contributed by atoms with Crippen molar-refractivity contribution in [2.75, 3.05) is 6.61 Å². The second kappa shape index (κ2) is 4.27. The predicted octanol–water partition coefficient (Wildman–Crippen LogP) is -2.31. The predicted molar refractivity (Wildman–Crippen MR) is 36.0 cm³/mol. The maximum absolute atomic E-state index is 11.7. The van der Waals surface area contributed by atoms with Crippen LogP contribution in [-0.2, 0) is 9.68 Å². The minimum absolute atomic E-state index is 0.606. The lowest BCUT2D eigenvalue weighted by atomic mass is 9.99. The normalized spacial score (nSPS) is 46.4. The van der Waals surface area contributed by atoms with Gasteiger partial charge in [-0.25, -0.2) is 0 Å². The first kappa shape index (κ1) is 10.8. The third kappa shape index (κ3) is 1.96. The Labute approximate surface area is 73.0 Å². The maximum atomic E-state index is 11.7. The van der Waals surface area contributed by atoms with E-state index in [1.807, 2.05) is 0 Å². The molecule has 4 N–H and O–H groups in total. The molecule has 78 valence electrons. The Morgan fingerprint density at radius 3 is 2.23 bits per heavy atom. The molecule has 0 unspecified atom stereocenters. The summed E-state index contributed by atoms with van der Waals surface area (Å²) in [7, 11) is 0. The maximum Gasteiger partial charge on any atom is 0.225 e. The molecular weight excluding hydrogens is 187 g/mol. The van der Waals surface area contributed by atoms with Gasteiger partial charge in [0, 0.05) is 0 Å². The molecule has 1 aliphatic rings. The second-order valence-electron chi connectivity index (χ2n) is 2.79. The van der Waals surface area contributed by atoms with E-state index in [4.69, 9.17) is 20.4 Å². The molecule has 1 fully saturated rings. The lowest BCUT2D eigenvalue weighted by molar-refractivity contribution is -0.361. The molecule has 1 heterocycles. The van der Waals surface area contributed by atoms with Crippen LogP contribution in [0.4, 0.5) is 4.53 Å². The van der Waals surface area contributed by atoms with Crippen molar-refractivity contribution in [3.63, 3.8) is 0 Å². The van der Waals surface area contributed by atoms with Crippen LogP contribution in [-0.4, -0.2) is 57.7 Å². The van der Waals surface area contributed by atoms with Gasteiger partial charge in [-0.3, -0.25) is 0 Å². The largest absolute Gasteiger partial charge is 0.394 e. The fourth-order valence-corrected chi connectivity index (χ4v) is 1.14. The number of hydrogen-bond donors (Lipinski definition) is 4. The summed E-state index contributed by atoms with van der Waals surface area (Å²) >= 11 is 0. The highest BCUT2D eigenvalue weighted by Gasteiger charge is 2.44. The zero-order valence-corrected chi connectivity index (χ0v) is 6.58. The zero-order chi connectivity index (χ0) is 10.0. The average molecular weight is 198 g/mol. The lowest BCUT2D eigenvalue weighted by Crippen LogP contribution is -2.58. The van der Waals surface area contributed by atoms with Gasteiger partial charge >= 0.3 is 0 Å². The third-order valence-electron chi connectivity index (χ3n) is 1.94. The smallest absolute Gasteiger partial charge is 0.225 e. The van der Waals surface area contributed by atoms with Crippen LogP contribution in [0.25, 0.3) is 0 Å². The van der Waals surface area contributed by atoms with Crippen LogP contribution in [0.5, 0.6) is 0 Å². The summed E-state index contributed by atoms with van der Waals surface area (Å²) in [6.07, 6.45) is -7.60. The van der Waals surface area contributed by atoms with E-state index in [1.165, 1.54) is 0 Å². The van der Waals surface area contributed by atoms with Crippen LogP contribution in [0, 0.1) is 0 Å². The number of aliphatic hydroxyl groups excluding tert-OH is 4. The van der Waals surface area contributed by atoms with E-state index in [1.54, 1.807) is 0 Å². The van der Waals surface area contributed by atoms with Gasteiger partial charge < -0.3 is 25.2 Å². The van der Waals surface area contributed by atoms with Crippen molar-refractivity contribution >= 4 is 0 Å². The summed E-state index contributed by atoms with van der Waals surface area (Å²) in [5, 5.41) is 35.9. The van der Waals surface area contributed by atoms with Crippen LogP contribution in [0.1, 0.15) is 0 Å². The summed E-state index contributed by atoms with van der Waals surface area (Å²) in [4.78, 5) is 3.20. The first-order valence-corrected chi connectivity index (χ1v) is 3.69. The van der Waals surface area contributed by atoms with Crippen molar-refractivity contribution in [1.29, 1.82) is 0 Å². The molecule has 1 aliphatic heterocycles. The Kier molecular flexibility index (Phi) is 3.54. The highest BCUT2D eigenvalue weighted by atomic mass is 19.3. The van der Waals surface area contributed by atoms with Gasteiger partial charge in [0.1, 0.15) is 24.4 Å². The second-order valence-corrected chi connectivity index (χ2v) is 2.79. The van der Waals surface area contributed by atoms with E-state index >= 15 is 0 Å². The number of aliphatic hydroxyl groups is 4. The van der Waals surface area contributed by atoms with Crippen molar-refractivity contribution < 1.29 is 34.6 Å². The molecular formula is C6H11FO6. The summed E-state index contributed by atoms with van der Waals surface area (Å²) < 4.78 is 16.3. The van der Waals surface area contributed by atoms with Gasteiger partial charge in [0.15, 0.2) is 0 Å². The molecule has 0 bridgehead atoms. The van der Waals surface area contributed by atoms with Gasteiger partial charge in [-0.05, 0) is 4.53 Å². The van der Waals surface area contributed by atoms with Crippen molar-refractivity contribution in [2.45, 2.75) is 30.7 Å². The van der Waals surface area contributed by atoms with Crippen molar-refractivity contribution in [2.24, 2.45) is 0 Å². The van der Waals surface area contributed by atoms with E-state index in [-0.39, 0.29) is 0 Å². The Morgan fingerprint density at radius 2 is 1.77 bits per heavy atom.